The molecule has 0 fully saturated rings. The second-order valence-electron chi connectivity index (χ2n) is 3.34. The lowest BCUT2D eigenvalue weighted by Crippen LogP contribution is -2.19. The number of aromatic nitrogens is 1. The summed E-state index contributed by atoms with van der Waals surface area (Å²) < 4.78 is 37.5. The number of rotatable bonds is 2. The predicted molar refractivity (Wildman–Crippen MR) is 54.3 cm³/mol. The summed E-state index contributed by atoms with van der Waals surface area (Å²) in [6, 6.07) is 0.831. The zero-order valence-corrected chi connectivity index (χ0v) is 9.56. The van der Waals surface area contributed by atoms with Crippen LogP contribution < -0.4 is 5.73 Å². The Morgan fingerprint density at radius 2 is 2.13 bits per heavy atom. The van der Waals surface area contributed by atoms with E-state index in [1.807, 2.05) is 0 Å². The Bertz CT molecular complexity index is 350. The average Bonchev–Trinajstić information content (AvgIpc) is 2.06. The summed E-state index contributed by atoms with van der Waals surface area (Å²) in [6.45, 7) is 1.74. The van der Waals surface area contributed by atoms with Gasteiger partial charge in [0, 0.05) is 16.7 Å². The fourth-order valence-electron chi connectivity index (χ4n) is 1.14. The predicted octanol–water partition coefficient (Wildman–Crippen LogP) is 2.75. The first kappa shape index (κ1) is 12.4. The SMILES string of the molecule is CC(N)Cc1cc(C(F)(F)F)ncc1Br. The summed E-state index contributed by atoms with van der Waals surface area (Å²) in [7, 11) is 0. The van der Waals surface area contributed by atoms with Gasteiger partial charge in [-0.05, 0) is 40.9 Å². The number of halogens is 4. The number of nitrogens with two attached hydrogens (primary N) is 1. The lowest BCUT2D eigenvalue weighted by atomic mass is 10.1. The fraction of sp³-hybridized carbons (Fsp3) is 0.444. The summed E-state index contributed by atoms with van der Waals surface area (Å²) in [6.07, 6.45) is -2.87. The van der Waals surface area contributed by atoms with Crippen molar-refractivity contribution in [3.63, 3.8) is 0 Å². The number of nitrogens with zero attached hydrogens (tertiary/aromatic N) is 1. The van der Waals surface area contributed by atoms with Crippen LogP contribution in [0.1, 0.15) is 18.2 Å². The summed E-state index contributed by atoms with van der Waals surface area (Å²) in [5, 5.41) is 0. The lowest BCUT2D eigenvalue weighted by Gasteiger charge is -2.11. The van der Waals surface area contributed by atoms with Gasteiger partial charge in [0.05, 0.1) is 0 Å². The number of hydrogen-bond donors (Lipinski definition) is 1. The van der Waals surface area contributed by atoms with Gasteiger partial charge in [0.2, 0.25) is 0 Å². The second-order valence-corrected chi connectivity index (χ2v) is 4.19. The molecular formula is C9H10BrF3N2. The normalized spacial score (nSPS) is 14.0. The highest BCUT2D eigenvalue weighted by atomic mass is 79.9. The Labute approximate surface area is 93.8 Å². The molecule has 0 saturated carbocycles. The molecule has 1 rings (SSSR count). The van der Waals surface area contributed by atoms with Crippen LogP contribution in [0.25, 0.3) is 0 Å². The van der Waals surface area contributed by atoms with E-state index in [1.165, 1.54) is 0 Å². The minimum atomic E-state index is -4.41. The van der Waals surface area contributed by atoms with Crippen LogP contribution in [-0.4, -0.2) is 11.0 Å². The van der Waals surface area contributed by atoms with E-state index in [2.05, 4.69) is 20.9 Å². The van der Waals surface area contributed by atoms with Crippen LogP contribution in [-0.2, 0) is 12.6 Å². The quantitative estimate of drug-likeness (QED) is 0.906. The van der Waals surface area contributed by atoms with Gasteiger partial charge in [0.15, 0.2) is 0 Å². The molecular weight excluding hydrogens is 273 g/mol. The van der Waals surface area contributed by atoms with E-state index < -0.39 is 11.9 Å². The summed E-state index contributed by atoms with van der Waals surface area (Å²) >= 11 is 3.14. The first-order chi connectivity index (χ1) is 6.80. The van der Waals surface area contributed by atoms with Crippen molar-refractivity contribution in [2.24, 2.45) is 5.73 Å². The fourth-order valence-corrected chi connectivity index (χ4v) is 1.52. The average molecular weight is 283 g/mol. The summed E-state index contributed by atoms with van der Waals surface area (Å²) in [5.74, 6) is 0. The van der Waals surface area contributed by atoms with E-state index in [0.29, 0.717) is 16.5 Å². The molecule has 0 amide bonds. The molecule has 0 aliphatic carbocycles. The van der Waals surface area contributed by atoms with Crippen LogP contribution in [0, 0.1) is 0 Å². The zero-order valence-electron chi connectivity index (χ0n) is 7.98. The standard InChI is InChI=1S/C9H10BrF3N2/c1-5(14)2-6-3-8(9(11,12)13)15-4-7(6)10/h3-5H,2,14H2,1H3. The molecule has 0 spiro atoms. The molecule has 1 unspecified atom stereocenters. The highest BCUT2D eigenvalue weighted by molar-refractivity contribution is 9.10. The van der Waals surface area contributed by atoms with Crippen LogP contribution in [0.3, 0.4) is 0 Å². The van der Waals surface area contributed by atoms with Crippen molar-refractivity contribution in [2.75, 3.05) is 0 Å². The topological polar surface area (TPSA) is 38.9 Å². The molecule has 84 valence electrons. The van der Waals surface area contributed by atoms with Crippen molar-refractivity contribution < 1.29 is 13.2 Å². The van der Waals surface area contributed by atoms with Crippen LogP contribution in [0.4, 0.5) is 13.2 Å². The van der Waals surface area contributed by atoms with Crippen molar-refractivity contribution in [1.82, 2.24) is 4.98 Å². The monoisotopic (exact) mass is 282 g/mol. The molecule has 1 aromatic heterocycles. The number of alkyl halides is 3. The maximum absolute atomic E-state index is 12.3. The molecule has 1 heterocycles. The molecule has 0 aliphatic heterocycles. The maximum atomic E-state index is 12.3. The van der Waals surface area contributed by atoms with Gasteiger partial charge >= 0.3 is 6.18 Å². The molecule has 0 aliphatic rings. The molecule has 0 aromatic carbocycles. The minimum Gasteiger partial charge on any atom is -0.328 e. The first-order valence-electron chi connectivity index (χ1n) is 4.28. The zero-order chi connectivity index (χ0) is 11.6. The van der Waals surface area contributed by atoms with E-state index in [-0.39, 0.29) is 6.04 Å². The highest BCUT2D eigenvalue weighted by Crippen LogP contribution is 2.30. The van der Waals surface area contributed by atoms with Crippen LogP contribution in [0.5, 0.6) is 0 Å². The van der Waals surface area contributed by atoms with Gasteiger partial charge in [-0.2, -0.15) is 13.2 Å². The van der Waals surface area contributed by atoms with Gasteiger partial charge in [0.25, 0.3) is 0 Å². The molecule has 2 nitrogen and oxygen atoms in total. The van der Waals surface area contributed by atoms with E-state index in [4.69, 9.17) is 5.73 Å². The largest absolute Gasteiger partial charge is 0.433 e. The highest BCUT2D eigenvalue weighted by Gasteiger charge is 2.32. The van der Waals surface area contributed by atoms with E-state index in [1.54, 1.807) is 6.92 Å². The second kappa shape index (κ2) is 4.49. The molecule has 0 saturated heterocycles. The third kappa shape index (κ3) is 3.46. The van der Waals surface area contributed by atoms with Crippen LogP contribution >= 0.6 is 15.9 Å². The van der Waals surface area contributed by atoms with Gasteiger partial charge in [-0.15, -0.1) is 0 Å². The number of hydrogen-bond acceptors (Lipinski definition) is 2. The molecule has 15 heavy (non-hydrogen) atoms. The number of pyridine rings is 1. The third-order valence-electron chi connectivity index (χ3n) is 1.77. The molecule has 1 aromatic rings. The summed E-state index contributed by atoms with van der Waals surface area (Å²) in [4.78, 5) is 3.30. The molecule has 6 heteroatoms. The molecule has 0 bridgehead atoms. The van der Waals surface area contributed by atoms with Gasteiger partial charge in [0.1, 0.15) is 5.69 Å². The van der Waals surface area contributed by atoms with Crippen molar-refractivity contribution in [1.29, 1.82) is 0 Å². The Kier molecular flexibility index (Phi) is 3.72. The van der Waals surface area contributed by atoms with E-state index >= 15 is 0 Å². The van der Waals surface area contributed by atoms with E-state index in [0.717, 1.165) is 12.3 Å². The maximum Gasteiger partial charge on any atom is 0.433 e. The van der Waals surface area contributed by atoms with Gasteiger partial charge in [-0.3, -0.25) is 4.98 Å². The Morgan fingerprint density at radius 3 is 2.60 bits per heavy atom. The third-order valence-corrected chi connectivity index (χ3v) is 2.48. The van der Waals surface area contributed by atoms with Crippen molar-refractivity contribution >= 4 is 15.9 Å². The Hall–Kier alpha value is -0.620. The summed E-state index contributed by atoms with van der Waals surface area (Å²) in [5.41, 5.74) is 5.16. The first-order valence-corrected chi connectivity index (χ1v) is 5.07. The smallest absolute Gasteiger partial charge is 0.328 e. The van der Waals surface area contributed by atoms with Crippen molar-refractivity contribution in [3.8, 4) is 0 Å². The van der Waals surface area contributed by atoms with Gasteiger partial charge in [-0.1, -0.05) is 0 Å². The lowest BCUT2D eigenvalue weighted by molar-refractivity contribution is -0.141. The van der Waals surface area contributed by atoms with E-state index in [9.17, 15) is 13.2 Å². The Morgan fingerprint density at radius 1 is 1.53 bits per heavy atom. The van der Waals surface area contributed by atoms with Crippen molar-refractivity contribution in [2.45, 2.75) is 25.6 Å². The molecule has 0 radical (unpaired) electrons. The minimum absolute atomic E-state index is 0.190. The molecule has 1 atom stereocenters. The van der Waals surface area contributed by atoms with Crippen LogP contribution in [0.15, 0.2) is 16.7 Å². The Balaban J connectivity index is 3.06. The van der Waals surface area contributed by atoms with Crippen molar-refractivity contribution in [3.05, 3.63) is 28.0 Å². The van der Waals surface area contributed by atoms with Gasteiger partial charge < -0.3 is 5.73 Å². The van der Waals surface area contributed by atoms with Gasteiger partial charge in [-0.25, -0.2) is 0 Å². The molecule has 2 N–H and O–H groups in total. The van der Waals surface area contributed by atoms with Crippen LogP contribution in [0.2, 0.25) is 0 Å².